The fraction of sp³-hybridized carbons (Fsp3) is 0.455. The molecule has 0 spiro atoms. The molecular weight excluding hydrogens is 269 g/mol. The monoisotopic (exact) mass is 278 g/mol. The third kappa shape index (κ3) is 2.93. The van der Waals surface area contributed by atoms with Gasteiger partial charge in [-0.2, -0.15) is 13.2 Å². The van der Waals surface area contributed by atoms with E-state index in [1.54, 1.807) is 0 Å². The van der Waals surface area contributed by atoms with Gasteiger partial charge in [-0.1, -0.05) is 6.07 Å². The molecule has 1 atom stereocenters. The van der Waals surface area contributed by atoms with Gasteiger partial charge in [-0.3, -0.25) is 9.78 Å². The number of likely N-dealkylation sites (tertiary alicyclic amines) is 1. The molecule has 7 heteroatoms. The Morgan fingerprint density at radius 1 is 1.44 bits per heavy atom. The van der Waals surface area contributed by atoms with Crippen molar-refractivity contribution in [2.45, 2.75) is 24.5 Å². The predicted octanol–water partition coefficient (Wildman–Crippen LogP) is 2.44. The van der Waals surface area contributed by atoms with Crippen LogP contribution in [0.2, 0.25) is 0 Å². The topological polar surface area (TPSA) is 33.2 Å². The first-order chi connectivity index (χ1) is 8.36. The number of aromatic nitrogens is 1. The molecule has 3 nitrogen and oxygen atoms in total. The van der Waals surface area contributed by atoms with Gasteiger partial charge in [0.25, 0.3) is 0 Å². The number of nitrogens with zero attached hydrogens (tertiary/aromatic N) is 2. The van der Waals surface area contributed by atoms with Crippen LogP contribution in [0.1, 0.15) is 17.7 Å². The first-order valence-electron chi connectivity index (χ1n) is 5.30. The van der Waals surface area contributed by atoms with Crippen LogP contribution in [-0.2, 0) is 17.5 Å². The second-order valence-corrected chi connectivity index (χ2v) is 4.74. The Labute approximate surface area is 107 Å². The largest absolute Gasteiger partial charge is 0.433 e. The number of amides is 1. The molecule has 18 heavy (non-hydrogen) atoms. The molecule has 98 valence electrons. The molecule has 1 fully saturated rings. The average molecular weight is 279 g/mol. The van der Waals surface area contributed by atoms with Gasteiger partial charge in [0.05, 0.1) is 5.38 Å². The first-order valence-corrected chi connectivity index (χ1v) is 5.74. The van der Waals surface area contributed by atoms with Gasteiger partial charge in [-0.25, -0.2) is 0 Å². The number of hydrogen-bond acceptors (Lipinski definition) is 2. The molecular formula is C11H10ClF3N2O. The minimum Gasteiger partial charge on any atom is -0.337 e. The van der Waals surface area contributed by atoms with Crippen molar-refractivity contribution in [3.05, 3.63) is 29.6 Å². The number of carbonyl (C=O) groups is 1. The van der Waals surface area contributed by atoms with E-state index in [0.29, 0.717) is 12.1 Å². The molecule has 2 heterocycles. The van der Waals surface area contributed by atoms with Crippen LogP contribution in [0.5, 0.6) is 0 Å². The number of rotatable bonds is 2. The highest BCUT2D eigenvalue weighted by Gasteiger charge is 2.32. The zero-order valence-corrected chi connectivity index (χ0v) is 10.0. The van der Waals surface area contributed by atoms with Crippen molar-refractivity contribution in [2.75, 3.05) is 6.54 Å². The minimum atomic E-state index is -4.44. The van der Waals surface area contributed by atoms with Crippen molar-refractivity contribution in [3.8, 4) is 0 Å². The smallest absolute Gasteiger partial charge is 0.337 e. The Morgan fingerprint density at radius 3 is 2.61 bits per heavy atom. The molecule has 1 saturated heterocycles. The maximum absolute atomic E-state index is 12.3. The van der Waals surface area contributed by atoms with Crippen LogP contribution in [0.3, 0.4) is 0 Å². The van der Waals surface area contributed by atoms with Crippen molar-refractivity contribution < 1.29 is 18.0 Å². The highest BCUT2D eigenvalue weighted by molar-refractivity contribution is 6.22. The Morgan fingerprint density at radius 2 is 2.17 bits per heavy atom. The number of pyridine rings is 1. The van der Waals surface area contributed by atoms with E-state index in [4.69, 9.17) is 11.6 Å². The molecule has 1 aliphatic rings. The van der Waals surface area contributed by atoms with Crippen LogP contribution in [-0.4, -0.2) is 27.7 Å². The molecule has 1 amide bonds. The van der Waals surface area contributed by atoms with Crippen molar-refractivity contribution in [1.82, 2.24) is 9.88 Å². The zero-order valence-electron chi connectivity index (χ0n) is 9.25. The highest BCUT2D eigenvalue weighted by atomic mass is 35.5. The molecule has 1 aromatic heterocycles. The van der Waals surface area contributed by atoms with Gasteiger partial charge >= 0.3 is 6.18 Å². The lowest BCUT2D eigenvalue weighted by atomic mass is 10.2. The summed E-state index contributed by atoms with van der Waals surface area (Å²) in [5, 5.41) is -0.222. The Bertz CT molecular complexity index is 447. The maximum Gasteiger partial charge on any atom is 0.433 e. The van der Waals surface area contributed by atoms with E-state index in [2.05, 4.69) is 4.98 Å². The van der Waals surface area contributed by atoms with E-state index in [1.165, 1.54) is 11.0 Å². The van der Waals surface area contributed by atoms with Gasteiger partial charge in [-0.15, -0.1) is 11.6 Å². The third-order valence-corrected chi connectivity index (χ3v) is 2.95. The van der Waals surface area contributed by atoms with Gasteiger partial charge in [-0.05, 0) is 11.6 Å². The molecule has 0 aromatic carbocycles. The summed E-state index contributed by atoms with van der Waals surface area (Å²) in [5.74, 6) is -0.0881. The summed E-state index contributed by atoms with van der Waals surface area (Å²) < 4.78 is 36.9. The van der Waals surface area contributed by atoms with Crippen molar-refractivity contribution in [1.29, 1.82) is 0 Å². The standard InChI is InChI=1S/C11H10ClF3N2O/c12-8-3-10(18)17(6-8)5-7-1-2-9(16-4-7)11(13,14)15/h1-2,4,8H,3,5-6H2. The summed E-state index contributed by atoms with van der Waals surface area (Å²) in [7, 11) is 0. The van der Waals surface area contributed by atoms with Crippen LogP contribution >= 0.6 is 11.6 Å². The number of carbonyl (C=O) groups excluding carboxylic acids is 1. The van der Waals surface area contributed by atoms with Crippen LogP contribution in [0.25, 0.3) is 0 Å². The number of halogens is 4. The molecule has 0 bridgehead atoms. The summed E-state index contributed by atoms with van der Waals surface area (Å²) in [5.41, 5.74) is -0.378. The van der Waals surface area contributed by atoms with Crippen LogP contribution < -0.4 is 0 Å². The van der Waals surface area contributed by atoms with Crippen LogP contribution in [0.4, 0.5) is 13.2 Å². The van der Waals surface area contributed by atoms with Gasteiger partial charge in [0.1, 0.15) is 5.69 Å². The molecule has 2 rings (SSSR count). The molecule has 0 radical (unpaired) electrons. The average Bonchev–Trinajstić information content (AvgIpc) is 2.57. The summed E-state index contributed by atoms with van der Waals surface area (Å²) >= 11 is 5.83. The van der Waals surface area contributed by atoms with Crippen molar-refractivity contribution in [2.24, 2.45) is 0 Å². The summed E-state index contributed by atoms with van der Waals surface area (Å²) in [4.78, 5) is 16.3. The summed E-state index contributed by atoms with van der Waals surface area (Å²) in [6, 6.07) is 2.23. The molecule has 0 aliphatic carbocycles. The normalized spacial score (nSPS) is 20.6. The summed E-state index contributed by atoms with van der Waals surface area (Å²) in [6.07, 6.45) is -3.03. The van der Waals surface area contributed by atoms with Crippen molar-refractivity contribution in [3.63, 3.8) is 0 Å². The molecule has 1 aliphatic heterocycles. The predicted molar refractivity (Wildman–Crippen MR) is 58.9 cm³/mol. The Balaban J connectivity index is 2.05. The van der Waals surface area contributed by atoms with Crippen molar-refractivity contribution >= 4 is 17.5 Å². The van der Waals surface area contributed by atoms with E-state index >= 15 is 0 Å². The van der Waals surface area contributed by atoms with Gasteiger partial charge in [0.15, 0.2) is 0 Å². The van der Waals surface area contributed by atoms with E-state index < -0.39 is 11.9 Å². The highest BCUT2D eigenvalue weighted by Crippen LogP contribution is 2.27. The fourth-order valence-electron chi connectivity index (χ4n) is 1.78. The molecule has 0 N–H and O–H groups in total. The molecule has 0 saturated carbocycles. The SMILES string of the molecule is O=C1CC(Cl)CN1Cc1ccc(C(F)(F)F)nc1. The van der Waals surface area contributed by atoms with E-state index in [0.717, 1.165) is 12.3 Å². The number of alkyl halides is 4. The number of hydrogen-bond donors (Lipinski definition) is 0. The second kappa shape index (κ2) is 4.76. The first kappa shape index (κ1) is 13.1. The van der Waals surface area contributed by atoms with E-state index in [-0.39, 0.29) is 24.2 Å². The Hall–Kier alpha value is -1.30. The second-order valence-electron chi connectivity index (χ2n) is 4.13. The van der Waals surface area contributed by atoms with Crippen LogP contribution in [0, 0.1) is 0 Å². The fourth-order valence-corrected chi connectivity index (χ4v) is 2.08. The van der Waals surface area contributed by atoms with Gasteiger partial charge in [0.2, 0.25) is 5.91 Å². The quantitative estimate of drug-likeness (QED) is 0.779. The Kier molecular flexibility index (Phi) is 3.47. The molecule has 1 unspecified atom stereocenters. The van der Waals surface area contributed by atoms with E-state index in [1.807, 2.05) is 0 Å². The van der Waals surface area contributed by atoms with Gasteiger partial charge in [0, 0.05) is 25.7 Å². The lowest BCUT2D eigenvalue weighted by Crippen LogP contribution is -2.24. The maximum atomic E-state index is 12.3. The third-order valence-electron chi connectivity index (χ3n) is 2.66. The summed E-state index contributed by atoms with van der Waals surface area (Å²) in [6.45, 7) is 0.661. The lowest BCUT2D eigenvalue weighted by Gasteiger charge is -2.15. The van der Waals surface area contributed by atoms with Gasteiger partial charge < -0.3 is 4.90 Å². The van der Waals surface area contributed by atoms with E-state index in [9.17, 15) is 18.0 Å². The molecule has 1 aromatic rings. The minimum absolute atomic E-state index is 0.0881. The zero-order chi connectivity index (χ0) is 13.3. The van der Waals surface area contributed by atoms with Crippen LogP contribution in [0.15, 0.2) is 18.3 Å². The lowest BCUT2D eigenvalue weighted by molar-refractivity contribution is -0.141.